The van der Waals surface area contributed by atoms with Gasteiger partial charge in [-0.3, -0.25) is 5.32 Å². The topological polar surface area (TPSA) is 60.5 Å². The molecule has 1 heterocycles. The average molecular weight is 332 g/mol. The molecular weight excluding hydrogens is 319 g/mol. The highest BCUT2D eigenvalue weighted by Gasteiger charge is 2.06. The van der Waals surface area contributed by atoms with Gasteiger partial charge in [0.15, 0.2) is 0 Å². The molecule has 1 amide bonds. The number of halogens is 1. The van der Waals surface area contributed by atoms with Gasteiger partial charge in [-0.05, 0) is 36.4 Å². The van der Waals surface area contributed by atoms with E-state index in [1.54, 1.807) is 30.3 Å². The summed E-state index contributed by atoms with van der Waals surface area (Å²) in [6, 6.07) is 11.4. The van der Waals surface area contributed by atoms with Crippen molar-refractivity contribution in [2.24, 2.45) is 0 Å². The first-order valence-electron chi connectivity index (χ1n) is 6.77. The molecule has 1 aromatic heterocycles. The highest BCUT2D eigenvalue weighted by Crippen LogP contribution is 2.24. The van der Waals surface area contributed by atoms with Crippen LogP contribution >= 0.6 is 11.3 Å². The number of methoxy groups -OCH3 is 1. The molecule has 0 bridgehead atoms. The Bertz CT molecular complexity index is 833. The van der Waals surface area contributed by atoms with E-state index in [1.165, 1.54) is 30.6 Å². The first-order chi connectivity index (χ1) is 11.1. The first-order valence-corrected chi connectivity index (χ1v) is 7.58. The number of ether oxygens (including phenoxy) is 2. The lowest BCUT2D eigenvalue weighted by Crippen LogP contribution is -2.10. The zero-order chi connectivity index (χ0) is 16.2. The van der Waals surface area contributed by atoms with Crippen LogP contribution in [0.3, 0.4) is 0 Å². The molecule has 5 nitrogen and oxygen atoms in total. The summed E-state index contributed by atoms with van der Waals surface area (Å²) in [4.78, 5) is 15.4. The average Bonchev–Trinajstić information content (AvgIpc) is 2.96. The van der Waals surface area contributed by atoms with E-state index in [0.717, 1.165) is 9.71 Å². The highest BCUT2D eigenvalue weighted by molar-refractivity contribution is 7.18. The molecule has 0 fully saturated rings. The van der Waals surface area contributed by atoms with Crippen molar-refractivity contribution in [2.75, 3.05) is 12.4 Å². The Kier molecular flexibility index (Phi) is 4.38. The third kappa shape index (κ3) is 3.75. The third-order valence-corrected chi connectivity index (χ3v) is 4.05. The number of rotatable bonds is 4. The van der Waals surface area contributed by atoms with Gasteiger partial charge in [0.2, 0.25) is 0 Å². The number of thiazole rings is 1. The summed E-state index contributed by atoms with van der Waals surface area (Å²) in [5.74, 6) is 0.342. The van der Waals surface area contributed by atoms with Crippen LogP contribution in [-0.2, 0) is 11.3 Å². The Balaban J connectivity index is 1.63. The van der Waals surface area contributed by atoms with Crippen molar-refractivity contribution in [2.45, 2.75) is 6.61 Å². The molecule has 7 heteroatoms. The second kappa shape index (κ2) is 6.62. The molecule has 3 rings (SSSR count). The minimum atomic E-state index is -0.527. The van der Waals surface area contributed by atoms with Gasteiger partial charge in [-0.15, -0.1) is 11.3 Å². The summed E-state index contributed by atoms with van der Waals surface area (Å²) in [6.45, 7) is 0.296. The predicted molar refractivity (Wildman–Crippen MR) is 86.4 cm³/mol. The third-order valence-electron chi connectivity index (χ3n) is 3.04. The fourth-order valence-electron chi connectivity index (χ4n) is 1.96. The molecule has 118 valence electrons. The van der Waals surface area contributed by atoms with Crippen LogP contribution in [0.1, 0.15) is 5.01 Å². The van der Waals surface area contributed by atoms with E-state index in [9.17, 15) is 9.18 Å². The quantitative estimate of drug-likeness (QED) is 0.778. The number of anilines is 1. The molecule has 1 N–H and O–H groups in total. The first kappa shape index (κ1) is 15.2. The van der Waals surface area contributed by atoms with Gasteiger partial charge in [0.1, 0.15) is 23.2 Å². The lowest BCUT2D eigenvalue weighted by Gasteiger charge is -2.06. The Labute approximate surface area is 135 Å². The normalized spacial score (nSPS) is 10.5. The number of hydrogen-bond donors (Lipinski definition) is 1. The van der Waals surface area contributed by atoms with Crippen molar-refractivity contribution in [3.05, 3.63) is 53.3 Å². The molecule has 0 unspecified atom stereocenters. The van der Waals surface area contributed by atoms with E-state index in [1.807, 2.05) is 0 Å². The number of fused-ring (bicyclic) bond motifs is 1. The molecule has 0 aliphatic carbocycles. The van der Waals surface area contributed by atoms with Gasteiger partial charge >= 0.3 is 6.09 Å². The van der Waals surface area contributed by atoms with E-state index in [4.69, 9.17) is 4.74 Å². The van der Waals surface area contributed by atoms with Crippen molar-refractivity contribution < 1.29 is 18.7 Å². The predicted octanol–water partition coefficient (Wildman–Crippen LogP) is 4.19. The summed E-state index contributed by atoms with van der Waals surface area (Å²) >= 11 is 1.46. The lowest BCUT2D eigenvalue weighted by molar-refractivity contribution is 0.187. The molecule has 2 aromatic carbocycles. The lowest BCUT2D eigenvalue weighted by atomic mass is 10.3. The van der Waals surface area contributed by atoms with Crippen LogP contribution in [0, 0.1) is 5.82 Å². The number of nitrogens with zero attached hydrogens (tertiary/aromatic N) is 1. The number of carbonyl (C=O) groups excluding carboxylic acids is 1. The van der Waals surface area contributed by atoms with Crippen LogP contribution in [0.15, 0.2) is 42.5 Å². The molecule has 0 aliphatic heterocycles. The standard InChI is InChI=1S/C16H13FN2O3S/c1-21-16(20)18-11-3-5-12(6-4-11)22-9-15-19-13-8-10(17)2-7-14(13)23-15/h2-8H,9H2,1H3,(H,18,20). The second-order valence-electron chi connectivity index (χ2n) is 4.65. The molecule has 0 aliphatic rings. The van der Waals surface area contributed by atoms with Crippen molar-refractivity contribution in [3.8, 4) is 5.75 Å². The highest BCUT2D eigenvalue weighted by atomic mass is 32.1. The number of carbonyl (C=O) groups is 1. The summed E-state index contributed by atoms with van der Waals surface area (Å²) in [6.07, 6.45) is -0.527. The van der Waals surface area contributed by atoms with Gasteiger partial charge in [0.05, 0.1) is 17.3 Å². The van der Waals surface area contributed by atoms with E-state index in [0.29, 0.717) is 23.6 Å². The van der Waals surface area contributed by atoms with Crippen molar-refractivity contribution in [1.82, 2.24) is 4.98 Å². The fraction of sp³-hybridized carbons (Fsp3) is 0.125. The maximum Gasteiger partial charge on any atom is 0.411 e. The van der Waals surface area contributed by atoms with Gasteiger partial charge in [0.25, 0.3) is 0 Å². The molecular formula is C16H13FN2O3S. The summed E-state index contributed by atoms with van der Waals surface area (Å²) < 4.78 is 24.2. The molecule has 0 spiro atoms. The molecule has 3 aromatic rings. The smallest absolute Gasteiger partial charge is 0.411 e. The molecule has 0 atom stereocenters. The number of benzene rings is 2. The van der Waals surface area contributed by atoms with Crippen LogP contribution in [0.25, 0.3) is 10.2 Å². The Hall–Kier alpha value is -2.67. The van der Waals surface area contributed by atoms with Gasteiger partial charge in [-0.1, -0.05) is 0 Å². The van der Waals surface area contributed by atoms with Gasteiger partial charge in [0, 0.05) is 11.8 Å². The van der Waals surface area contributed by atoms with Crippen LogP contribution in [-0.4, -0.2) is 18.2 Å². The van der Waals surface area contributed by atoms with Crippen LogP contribution in [0.2, 0.25) is 0 Å². The zero-order valence-corrected chi connectivity index (χ0v) is 13.0. The summed E-state index contributed by atoms with van der Waals surface area (Å²) in [7, 11) is 1.30. The number of hydrogen-bond acceptors (Lipinski definition) is 5. The van der Waals surface area contributed by atoms with Crippen LogP contribution in [0.5, 0.6) is 5.75 Å². The zero-order valence-electron chi connectivity index (χ0n) is 12.2. The summed E-state index contributed by atoms with van der Waals surface area (Å²) in [5, 5.41) is 3.32. The van der Waals surface area contributed by atoms with E-state index in [2.05, 4.69) is 15.0 Å². The molecule has 23 heavy (non-hydrogen) atoms. The fourth-order valence-corrected chi connectivity index (χ4v) is 2.82. The SMILES string of the molecule is COC(=O)Nc1ccc(OCc2nc3cc(F)ccc3s2)cc1. The number of amides is 1. The molecule has 0 radical (unpaired) electrons. The monoisotopic (exact) mass is 332 g/mol. The molecule has 0 saturated carbocycles. The Morgan fingerprint density at radius 1 is 1.26 bits per heavy atom. The van der Waals surface area contributed by atoms with Crippen LogP contribution < -0.4 is 10.1 Å². The summed E-state index contributed by atoms with van der Waals surface area (Å²) in [5.41, 5.74) is 1.24. The molecule has 0 saturated heterocycles. The van der Waals surface area contributed by atoms with E-state index in [-0.39, 0.29) is 5.82 Å². The minimum Gasteiger partial charge on any atom is -0.486 e. The van der Waals surface area contributed by atoms with E-state index >= 15 is 0 Å². The Morgan fingerprint density at radius 2 is 2.04 bits per heavy atom. The van der Waals surface area contributed by atoms with Crippen molar-refractivity contribution >= 4 is 33.3 Å². The largest absolute Gasteiger partial charge is 0.486 e. The second-order valence-corrected chi connectivity index (χ2v) is 5.76. The van der Waals surface area contributed by atoms with E-state index < -0.39 is 6.09 Å². The van der Waals surface area contributed by atoms with Crippen molar-refractivity contribution in [1.29, 1.82) is 0 Å². The van der Waals surface area contributed by atoms with Gasteiger partial charge in [-0.25, -0.2) is 14.2 Å². The number of aromatic nitrogens is 1. The Morgan fingerprint density at radius 3 is 2.78 bits per heavy atom. The van der Waals surface area contributed by atoms with Gasteiger partial charge in [-0.2, -0.15) is 0 Å². The maximum absolute atomic E-state index is 13.1. The number of nitrogens with one attached hydrogen (secondary N) is 1. The van der Waals surface area contributed by atoms with Gasteiger partial charge < -0.3 is 9.47 Å². The van der Waals surface area contributed by atoms with Crippen LogP contribution in [0.4, 0.5) is 14.9 Å². The maximum atomic E-state index is 13.1. The van der Waals surface area contributed by atoms with Crippen molar-refractivity contribution in [3.63, 3.8) is 0 Å². The minimum absolute atomic E-state index is 0.296.